The lowest BCUT2D eigenvalue weighted by Gasteiger charge is -2.58. The van der Waals surface area contributed by atoms with Crippen LogP contribution in [0.1, 0.15) is 73.4 Å². The van der Waals surface area contributed by atoms with Crippen LogP contribution < -0.4 is 4.74 Å². The molecule has 2 fully saturated rings. The summed E-state index contributed by atoms with van der Waals surface area (Å²) in [5, 5.41) is 11.6. The fourth-order valence-corrected chi connectivity index (χ4v) is 8.98. The number of aromatic hydroxyl groups is 1. The van der Waals surface area contributed by atoms with Crippen LogP contribution in [0.15, 0.2) is 48.7 Å². The molecule has 2 aliphatic heterocycles. The number of pyridine rings is 1. The Kier molecular flexibility index (Phi) is 5.36. The Morgan fingerprint density at radius 2 is 1.84 bits per heavy atom. The quantitative estimate of drug-likeness (QED) is 0.389. The van der Waals surface area contributed by atoms with Crippen molar-refractivity contribution in [1.82, 2.24) is 9.88 Å². The highest BCUT2D eigenvalue weighted by atomic mass is 35.5. The molecule has 0 unspecified atom stereocenters. The number of fused-ring (bicyclic) bond motifs is 2. The summed E-state index contributed by atoms with van der Waals surface area (Å²) >= 11 is 6.16. The molecule has 3 aromatic rings. The predicted octanol–water partition coefficient (Wildman–Crippen LogP) is 7.25. The fourth-order valence-electron chi connectivity index (χ4n) is 8.85. The molecule has 3 heterocycles. The van der Waals surface area contributed by atoms with Gasteiger partial charge in [0.15, 0.2) is 17.6 Å². The van der Waals surface area contributed by atoms with Gasteiger partial charge >= 0.3 is 0 Å². The molecule has 0 amide bonds. The lowest BCUT2D eigenvalue weighted by Crippen LogP contribution is -2.63. The monoisotopic (exact) mass is 526 g/mol. The van der Waals surface area contributed by atoms with Gasteiger partial charge in [-0.15, -0.1) is 0 Å². The predicted molar refractivity (Wildman–Crippen MR) is 150 cm³/mol. The summed E-state index contributed by atoms with van der Waals surface area (Å²) in [6.07, 6.45) is 13.4. The first-order valence-corrected chi connectivity index (χ1v) is 15.0. The highest BCUT2D eigenvalue weighted by Gasteiger charge is 2.65. The second-order valence-corrected chi connectivity index (χ2v) is 12.9. The summed E-state index contributed by atoms with van der Waals surface area (Å²) in [4.78, 5) is 7.90. The Morgan fingerprint density at radius 1 is 1.00 bits per heavy atom. The molecule has 1 saturated carbocycles. The minimum atomic E-state index is -0.124. The molecule has 4 nitrogen and oxygen atoms in total. The van der Waals surface area contributed by atoms with Crippen LogP contribution in [0.25, 0.3) is 11.1 Å². The third kappa shape index (κ3) is 3.35. The number of phenols is 1. The molecular weight excluding hydrogens is 492 g/mol. The topological polar surface area (TPSA) is 45.6 Å². The Balaban J connectivity index is 1.20. The Morgan fingerprint density at radius 3 is 2.68 bits per heavy atom. The first-order chi connectivity index (χ1) is 18.6. The molecule has 2 aromatic carbocycles. The number of ether oxygens (including phenoxy) is 1. The summed E-state index contributed by atoms with van der Waals surface area (Å²) in [5.74, 6) is 2.38. The molecule has 4 atom stereocenters. The van der Waals surface area contributed by atoms with Crippen LogP contribution in [0.5, 0.6) is 11.5 Å². The van der Waals surface area contributed by atoms with Crippen LogP contribution in [-0.4, -0.2) is 34.1 Å². The number of rotatable bonds is 4. The van der Waals surface area contributed by atoms with Gasteiger partial charge in [0.25, 0.3) is 0 Å². The molecule has 3 aliphatic carbocycles. The number of hydrogen-bond donors (Lipinski definition) is 1. The molecule has 38 heavy (non-hydrogen) atoms. The maximum absolute atomic E-state index is 10.9. The number of hydrogen-bond acceptors (Lipinski definition) is 4. The maximum Gasteiger partial charge on any atom is 0.166 e. The highest BCUT2D eigenvalue weighted by molar-refractivity contribution is 6.30. The zero-order valence-electron chi connectivity index (χ0n) is 21.8. The third-order valence-corrected chi connectivity index (χ3v) is 10.9. The largest absolute Gasteiger partial charge is 0.504 e. The first-order valence-electron chi connectivity index (χ1n) is 14.6. The van der Waals surface area contributed by atoms with E-state index >= 15 is 0 Å². The average Bonchev–Trinajstić information content (AvgIpc) is 3.30. The van der Waals surface area contributed by atoms with Gasteiger partial charge in [-0.1, -0.05) is 61.9 Å². The van der Waals surface area contributed by atoms with E-state index in [0.29, 0.717) is 12.0 Å². The molecule has 1 aromatic heterocycles. The standard InChI is InChI=1S/C33H35ClN2O2/c34-25-9-6-21(7-10-25)24-16-23-17-26-27-18-22-8-11-28(37)31-29(22)33(26,32(38-31)30(23)35-19-24)13-15-36(27)14-12-20-4-2-1-3-5-20/h6-11,16,19-20,26-27,32,37H,1-5,12-15,17-18H2/t26-,27-,32-,33-/m0/s1. The minimum absolute atomic E-state index is 0.0878. The number of aromatic nitrogens is 1. The van der Waals surface area contributed by atoms with E-state index in [2.05, 4.69) is 29.2 Å². The van der Waals surface area contributed by atoms with E-state index in [1.807, 2.05) is 24.4 Å². The van der Waals surface area contributed by atoms with Gasteiger partial charge in [0.05, 0.1) is 5.69 Å². The van der Waals surface area contributed by atoms with E-state index in [-0.39, 0.29) is 17.3 Å². The number of benzene rings is 2. The van der Waals surface area contributed by atoms with Crippen LogP contribution in [0.2, 0.25) is 5.02 Å². The Bertz CT molecular complexity index is 1400. The minimum Gasteiger partial charge on any atom is -0.504 e. The Hall–Kier alpha value is -2.56. The SMILES string of the molecule is Oc1ccc2c3c1O[C@H]1c4ncc(-c5ccc(Cl)cc5)cc4C[C@H]4[C@H](C2)N(CCC2CCCCC2)CC[C@]314. The molecule has 2 bridgehead atoms. The second-order valence-electron chi connectivity index (χ2n) is 12.4. The van der Waals surface area contributed by atoms with Gasteiger partial charge in [0.1, 0.15) is 0 Å². The summed E-state index contributed by atoms with van der Waals surface area (Å²) in [6, 6.07) is 14.9. The lowest BCUT2D eigenvalue weighted by molar-refractivity contribution is -0.0382. The van der Waals surface area contributed by atoms with Crippen molar-refractivity contribution in [3.05, 3.63) is 76.1 Å². The van der Waals surface area contributed by atoms with Gasteiger partial charge in [-0.25, -0.2) is 0 Å². The van der Waals surface area contributed by atoms with Crippen molar-refractivity contribution < 1.29 is 9.84 Å². The molecule has 1 spiro atoms. The molecule has 1 saturated heterocycles. The number of phenolic OH excluding ortho intramolecular Hbond substituents is 1. The van der Waals surface area contributed by atoms with Crippen LogP contribution in [0, 0.1) is 11.8 Å². The summed E-state index contributed by atoms with van der Waals surface area (Å²) in [6.45, 7) is 2.32. The van der Waals surface area contributed by atoms with Crippen molar-refractivity contribution in [2.24, 2.45) is 11.8 Å². The zero-order chi connectivity index (χ0) is 25.4. The van der Waals surface area contributed by atoms with E-state index < -0.39 is 0 Å². The Labute approximate surface area is 230 Å². The van der Waals surface area contributed by atoms with Gasteiger partial charge in [0.2, 0.25) is 0 Å². The molecule has 1 N–H and O–H groups in total. The van der Waals surface area contributed by atoms with Gasteiger partial charge in [-0.05, 0) is 91.6 Å². The van der Waals surface area contributed by atoms with E-state index in [0.717, 1.165) is 59.3 Å². The summed E-state index contributed by atoms with van der Waals surface area (Å²) in [7, 11) is 0. The lowest BCUT2D eigenvalue weighted by atomic mass is 9.51. The number of halogens is 1. The van der Waals surface area contributed by atoms with Crippen molar-refractivity contribution >= 4 is 11.6 Å². The van der Waals surface area contributed by atoms with Crippen molar-refractivity contribution in [2.75, 3.05) is 13.1 Å². The molecular formula is C33H35ClN2O2. The number of piperidine rings is 1. The van der Waals surface area contributed by atoms with Crippen LogP contribution in [0.3, 0.4) is 0 Å². The molecule has 8 rings (SSSR count). The van der Waals surface area contributed by atoms with Gasteiger partial charge in [0, 0.05) is 33.8 Å². The maximum atomic E-state index is 10.9. The molecule has 5 aliphatic rings. The van der Waals surface area contributed by atoms with E-state index in [1.165, 1.54) is 61.8 Å². The fraction of sp³-hybridized carbons (Fsp3) is 0.485. The normalized spacial score (nSPS) is 29.4. The van der Waals surface area contributed by atoms with Crippen molar-refractivity contribution in [2.45, 2.75) is 75.3 Å². The summed E-state index contributed by atoms with van der Waals surface area (Å²) < 4.78 is 6.74. The van der Waals surface area contributed by atoms with Gasteiger partial charge in [-0.3, -0.25) is 9.88 Å². The van der Waals surface area contributed by atoms with Gasteiger partial charge in [-0.2, -0.15) is 0 Å². The first kappa shape index (κ1) is 23.3. The smallest absolute Gasteiger partial charge is 0.166 e. The van der Waals surface area contributed by atoms with Crippen LogP contribution in [0.4, 0.5) is 0 Å². The van der Waals surface area contributed by atoms with Crippen molar-refractivity contribution in [3.63, 3.8) is 0 Å². The van der Waals surface area contributed by atoms with Crippen LogP contribution in [-0.2, 0) is 18.3 Å². The van der Waals surface area contributed by atoms with E-state index in [4.69, 9.17) is 21.3 Å². The van der Waals surface area contributed by atoms with Crippen molar-refractivity contribution in [3.8, 4) is 22.6 Å². The van der Waals surface area contributed by atoms with E-state index in [9.17, 15) is 5.11 Å². The number of likely N-dealkylation sites (tertiary alicyclic amines) is 1. The second kappa shape index (κ2) is 8.72. The molecule has 5 heteroatoms. The highest BCUT2D eigenvalue weighted by Crippen LogP contribution is 2.67. The number of nitrogens with zero attached hydrogens (tertiary/aromatic N) is 2. The molecule has 196 valence electrons. The van der Waals surface area contributed by atoms with Crippen LogP contribution >= 0.6 is 11.6 Å². The summed E-state index contributed by atoms with van der Waals surface area (Å²) in [5.41, 5.74) is 7.23. The molecule has 0 radical (unpaired) electrons. The third-order valence-electron chi connectivity index (χ3n) is 10.6. The van der Waals surface area contributed by atoms with E-state index in [1.54, 1.807) is 0 Å². The zero-order valence-corrected chi connectivity index (χ0v) is 22.6. The average molecular weight is 527 g/mol. The van der Waals surface area contributed by atoms with Crippen molar-refractivity contribution in [1.29, 1.82) is 0 Å². The van der Waals surface area contributed by atoms with Gasteiger partial charge < -0.3 is 9.84 Å².